The summed E-state index contributed by atoms with van der Waals surface area (Å²) < 4.78 is 17.4. The number of anilines is 1. The van der Waals surface area contributed by atoms with E-state index in [1.165, 1.54) is 7.11 Å². The first-order valence-corrected chi connectivity index (χ1v) is 11.3. The molecule has 0 bridgehead atoms. The number of carbonyl (C=O) groups excluding carboxylic acids is 1. The number of methoxy groups -OCH3 is 1. The average Bonchev–Trinajstić information content (AvgIpc) is 2.84. The number of rotatable bonds is 6. The first-order chi connectivity index (χ1) is 16.3. The van der Waals surface area contributed by atoms with Crippen molar-refractivity contribution in [1.29, 1.82) is 0 Å². The standard InChI is InChI=1S/C24H24BrNO8/c1-32-17-5-3-2-4-16(17)26-23(31)15-9-13-8-14(25)7-6-12(13)10-18(15)33-24-22(30)21(29)20(28)19(11-27)34-24/h2-10,19-22,24,27-30H,11H2,1H3,(H,26,31)/t19-,20+,21+,22+,24+/m0/s1. The highest BCUT2D eigenvalue weighted by molar-refractivity contribution is 9.10. The first kappa shape index (κ1) is 24.4. The fourth-order valence-electron chi connectivity index (χ4n) is 3.75. The average molecular weight is 534 g/mol. The van der Waals surface area contributed by atoms with Crippen LogP contribution < -0.4 is 14.8 Å². The van der Waals surface area contributed by atoms with Crippen LogP contribution in [0.5, 0.6) is 11.5 Å². The second-order valence-electron chi connectivity index (χ2n) is 7.81. The molecule has 0 saturated carbocycles. The van der Waals surface area contributed by atoms with Gasteiger partial charge in [0, 0.05) is 4.47 Å². The summed E-state index contributed by atoms with van der Waals surface area (Å²) in [4.78, 5) is 13.3. The van der Waals surface area contributed by atoms with Crippen LogP contribution in [0.3, 0.4) is 0 Å². The summed E-state index contributed by atoms with van der Waals surface area (Å²) in [5, 5.41) is 44.3. The molecule has 1 aliphatic heterocycles. The van der Waals surface area contributed by atoms with Gasteiger partial charge in [-0.2, -0.15) is 0 Å². The third-order valence-electron chi connectivity index (χ3n) is 5.59. The van der Waals surface area contributed by atoms with E-state index < -0.39 is 43.2 Å². The number of benzene rings is 3. The molecule has 1 saturated heterocycles. The van der Waals surface area contributed by atoms with Gasteiger partial charge in [0.05, 0.1) is 25.0 Å². The molecule has 9 nitrogen and oxygen atoms in total. The number of halogens is 1. The van der Waals surface area contributed by atoms with Gasteiger partial charge in [-0.3, -0.25) is 4.79 Å². The number of fused-ring (bicyclic) bond motifs is 1. The van der Waals surface area contributed by atoms with Gasteiger partial charge in [-0.1, -0.05) is 34.1 Å². The van der Waals surface area contributed by atoms with E-state index in [4.69, 9.17) is 14.2 Å². The van der Waals surface area contributed by atoms with Gasteiger partial charge in [-0.25, -0.2) is 0 Å². The molecule has 4 rings (SSSR count). The van der Waals surface area contributed by atoms with E-state index >= 15 is 0 Å². The maximum atomic E-state index is 13.3. The van der Waals surface area contributed by atoms with Crippen LogP contribution in [-0.4, -0.2) is 70.8 Å². The van der Waals surface area contributed by atoms with Crippen LogP contribution in [0.25, 0.3) is 10.8 Å². The van der Waals surface area contributed by atoms with Crippen molar-refractivity contribution in [2.75, 3.05) is 19.0 Å². The Morgan fingerprint density at radius 1 is 1.00 bits per heavy atom. The number of ether oxygens (including phenoxy) is 3. The molecule has 1 fully saturated rings. The Balaban J connectivity index is 1.72. The van der Waals surface area contributed by atoms with Crippen LogP contribution in [0, 0.1) is 0 Å². The fourth-order valence-corrected chi connectivity index (χ4v) is 4.13. The smallest absolute Gasteiger partial charge is 0.259 e. The molecule has 180 valence electrons. The molecule has 0 aromatic heterocycles. The summed E-state index contributed by atoms with van der Waals surface area (Å²) in [7, 11) is 1.49. The maximum absolute atomic E-state index is 13.3. The van der Waals surface area contributed by atoms with Crippen LogP contribution >= 0.6 is 15.9 Å². The van der Waals surface area contributed by atoms with E-state index in [-0.39, 0.29) is 11.3 Å². The van der Waals surface area contributed by atoms with Gasteiger partial charge in [-0.15, -0.1) is 0 Å². The molecule has 0 radical (unpaired) electrons. The number of carbonyl (C=O) groups is 1. The molecule has 1 aliphatic rings. The van der Waals surface area contributed by atoms with Crippen molar-refractivity contribution < 1.29 is 39.4 Å². The molecule has 10 heteroatoms. The number of aliphatic hydroxyl groups is 4. The number of aliphatic hydroxyl groups excluding tert-OH is 4. The van der Waals surface area contributed by atoms with Crippen LogP contribution in [0.15, 0.2) is 59.1 Å². The largest absolute Gasteiger partial charge is 0.495 e. The van der Waals surface area contributed by atoms with Crippen LogP contribution in [0.1, 0.15) is 10.4 Å². The Labute approximate surface area is 203 Å². The molecule has 1 amide bonds. The predicted molar refractivity (Wildman–Crippen MR) is 127 cm³/mol. The van der Waals surface area contributed by atoms with Crippen LogP contribution in [0.4, 0.5) is 5.69 Å². The lowest BCUT2D eigenvalue weighted by molar-refractivity contribution is -0.277. The van der Waals surface area contributed by atoms with Crippen molar-refractivity contribution in [2.45, 2.75) is 30.7 Å². The van der Waals surface area contributed by atoms with E-state index in [0.29, 0.717) is 11.4 Å². The molecule has 0 aliphatic carbocycles. The number of nitrogens with one attached hydrogen (secondary N) is 1. The summed E-state index contributed by atoms with van der Waals surface area (Å²) in [5.74, 6) is 0.0355. The Hall–Kier alpha value is -2.73. The zero-order valence-corrected chi connectivity index (χ0v) is 19.7. The van der Waals surface area contributed by atoms with Crippen molar-refractivity contribution in [2.24, 2.45) is 0 Å². The molecule has 1 heterocycles. The van der Waals surface area contributed by atoms with Crippen molar-refractivity contribution in [3.8, 4) is 11.5 Å². The topological polar surface area (TPSA) is 138 Å². The van der Waals surface area contributed by atoms with Gasteiger partial charge >= 0.3 is 0 Å². The summed E-state index contributed by atoms with van der Waals surface area (Å²) in [6, 6.07) is 15.6. The highest BCUT2D eigenvalue weighted by Crippen LogP contribution is 2.33. The Morgan fingerprint density at radius 2 is 1.76 bits per heavy atom. The van der Waals surface area contributed by atoms with Crippen molar-refractivity contribution in [3.05, 3.63) is 64.6 Å². The van der Waals surface area contributed by atoms with E-state index in [2.05, 4.69) is 21.2 Å². The second kappa shape index (κ2) is 10.3. The van der Waals surface area contributed by atoms with Crippen LogP contribution in [0.2, 0.25) is 0 Å². The van der Waals surface area contributed by atoms with E-state index in [0.717, 1.165) is 15.2 Å². The summed E-state index contributed by atoms with van der Waals surface area (Å²) in [6.07, 6.45) is -7.35. The van der Waals surface area contributed by atoms with Gasteiger partial charge < -0.3 is 40.0 Å². The lowest BCUT2D eigenvalue weighted by Crippen LogP contribution is -2.60. The number of hydrogen-bond donors (Lipinski definition) is 5. The van der Waals surface area contributed by atoms with Gasteiger partial charge in [0.2, 0.25) is 6.29 Å². The number of hydrogen-bond acceptors (Lipinski definition) is 8. The molecule has 3 aromatic rings. The monoisotopic (exact) mass is 533 g/mol. The van der Waals surface area contributed by atoms with Gasteiger partial charge in [0.1, 0.15) is 35.9 Å². The first-order valence-electron chi connectivity index (χ1n) is 10.5. The van der Waals surface area contributed by atoms with Crippen molar-refractivity contribution >= 4 is 38.3 Å². The lowest BCUT2D eigenvalue weighted by Gasteiger charge is -2.39. The summed E-state index contributed by atoms with van der Waals surface area (Å²) in [5.41, 5.74) is 0.580. The third-order valence-corrected chi connectivity index (χ3v) is 6.09. The minimum Gasteiger partial charge on any atom is -0.495 e. The summed E-state index contributed by atoms with van der Waals surface area (Å²) >= 11 is 3.42. The lowest BCUT2D eigenvalue weighted by atomic mass is 9.99. The van der Waals surface area contributed by atoms with Crippen molar-refractivity contribution in [3.63, 3.8) is 0 Å². The van der Waals surface area contributed by atoms with Gasteiger partial charge in [0.15, 0.2) is 0 Å². The zero-order valence-electron chi connectivity index (χ0n) is 18.1. The molecule has 5 atom stereocenters. The summed E-state index contributed by atoms with van der Waals surface area (Å²) in [6.45, 7) is -0.600. The number of amides is 1. The molecule has 3 aromatic carbocycles. The normalized spacial score (nSPS) is 24.6. The third kappa shape index (κ3) is 4.88. The predicted octanol–water partition coefficient (Wildman–Crippen LogP) is 2.04. The molecule has 0 unspecified atom stereocenters. The highest BCUT2D eigenvalue weighted by Gasteiger charge is 2.45. The Bertz CT molecular complexity index is 1190. The van der Waals surface area contributed by atoms with Crippen LogP contribution in [-0.2, 0) is 4.74 Å². The van der Waals surface area contributed by atoms with Gasteiger partial charge in [0.25, 0.3) is 5.91 Å². The zero-order chi connectivity index (χ0) is 24.4. The molecule has 0 spiro atoms. The molecular weight excluding hydrogens is 510 g/mol. The fraction of sp³-hybridized carbons (Fsp3) is 0.292. The Morgan fingerprint density at radius 3 is 2.50 bits per heavy atom. The number of para-hydroxylation sites is 2. The van der Waals surface area contributed by atoms with Gasteiger partial charge in [-0.05, 0) is 47.2 Å². The quantitative estimate of drug-likeness (QED) is 0.324. The highest BCUT2D eigenvalue weighted by atomic mass is 79.9. The SMILES string of the molecule is COc1ccccc1NC(=O)c1cc2cc(Br)ccc2cc1O[C@@H]1O[C@@H](CO)[C@@H](O)[C@@H](O)[C@H]1O. The second-order valence-corrected chi connectivity index (χ2v) is 8.73. The molecule has 5 N–H and O–H groups in total. The van der Waals surface area contributed by atoms with E-state index in [1.807, 2.05) is 18.2 Å². The van der Waals surface area contributed by atoms with E-state index in [1.54, 1.807) is 36.4 Å². The minimum atomic E-state index is -1.62. The molecular formula is C24H24BrNO8. The maximum Gasteiger partial charge on any atom is 0.259 e. The van der Waals surface area contributed by atoms with E-state index in [9.17, 15) is 25.2 Å². The molecule has 34 heavy (non-hydrogen) atoms. The minimum absolute atomic E-state index is 0.0755. The Kier molecular flexibility index (Phi) is 7.36. The van der Waals surface area contributed by atoms with Crippen molar-refractivity contribution in [1.82, 2.24) is 0 Å².